The zero-order valence-corrected chi connectivity index (χ0v) is 25.6. The standard InChI is InChI=1S/C39H46S/c1-3-5-7-9-11-17-25-39(26-18-12-10-8-6-4-2)28-29-27-33-30(37(29)31-19-13-15-21-34(31)39)23-24-36-38(33)32-20-14-16-22-35(32)40-36/h13-16,19-24,27-28H,3-12,17-18,25-26H2,1-2H3. The molecule has 0 atom stereocenters. The maximum absolute atomic E-state index is 2.74. The summed E-state index contributed by atoms with van der Waals surface area (Å²) in [5.41, 5.74) is 6.19. The summed E-state index contributed by atoms with van der Waals surface area (Å²) in [6.07, 6.45) is 24.2. The van der Waals surface area contributed by atoms with Gasteiger partial charge in [-0.15, -0.1) is 11.3 Å². The van der Waals surface area contributed by atoms with E-state index in [1.54, 1.807) is 5.56 Å². The van der Waals surface area contributed by atoms with E-state index < -0.39 is 0 Å². The van der Waals surface area contributed by atoms with E-state index in [2.05, 4.69) is 86.7 Å². The number of benzene rings is 3. The van der Waals surface area contributed by atoms with Crippen molar-refractivity contribution in [3.05, 3.63) is 93.9 Å². The maximum Gasteiger partial charge on any atom is 0.0361 e. The van der Waals surface area contributed by atoms with Gasteiger partial charge in [0.05, 0.1) is 0 Å². The van der Waals surface area contributed by atoms with E-state index in [4.69, 9.17) is 0 Å². The fourth-order valence-electron chi connectivity index (χ4n) is 7.50. The van der Waals surface area contributed by atoms with E-state index in [0.717, 1.165) is 0 Å². The van der Waals surface area contributed by atoms with Gasteiger partial charge < -0.3 is 0 Å². The highest BCUT2D eigenvalue weighted by Gasteiger charge is 2.37. The van der Waals surface area contributed by atoms with Gasteiger partial charge in [-0.25, -0.2) is 0 Å². The lowest BCUT2D eigenvalue weighted by Gasteiger charge is -2.38. The summed E-state index contributed by atoms with van der Waals surface area (Å²) < 4.78 is 2.81. The third-order valence-electron chi connectivity index (χ3n) is 9.56. The van der Waals surface area contributed by atoms with E-state index in [0.29, 0.717) is 0 Å². The van der Waals surface area contributed by atoms with Crippen molar-refractivity contribution < 1.29 is 0 Å². The van der Waals surface area contributed by atoms with Crippen LogP contribution in [0.3, 0.4) is 0 Å². The van der Waals surface area contributed by atoms with Crippen LogP contribution >= 0.6 is 11.3 Å². The average molecular weight is 547 g/mol. The van der Waals surface area contributed by atoms with E-state index in [9.17, 15) is 0 Å². The lowest BCUT2D eigenvalue weighted by atomic mass is 9.65. The number of fused-ring (bicyclic) bond motifs is 8. The minimum absolute atomic E-state index is 0.152. The average Bonchev–Trinajstić information content (AvgIpc) is 3.55. The first kappa shape index (κ1) is 27.5. The molecule has 0 bridgehead atoms. The number of unbranched alkanes of at least 4 members (excludes halogenated alkanes) is 10. The lowest BCUT2D eigenvalue weighted by Crippen LogP contribution is -2.30. The number of allylic oxidation sites excluding steroid dienone is 2. The predicted molar refractivity (Wildman–Crippen MR) is 178 cm³/mol. The van der Waals surface area contributed by atoms with Crippen LogP contribution in [0.2, 0.25) is 0 Å². The summed E-state index contributed by atoms with van der Waals surface area (Å²) in [5, 5.41) is 5.74. The number of rotatable bonds is 14. The molecule has 0 nitrogen and oxygen atoms in total. The Labute approximate surface area is 245 Å². The Kier molecular flexibility index (Phi) is 8.59. The second kappa shape index (κ2) is 12.5. The zero-order valence-electron chi connectivity index (χ0n) is 24.7. The van der Waals surface area contributed by atoms with Crippen LogP contribution in [0.5, 0.6) is 0 Å². The first-order valence-electron chi connectivity index (χ1n) is 16.2. The third kappa shape index (κ3) is 5.23. The first-order valence-corrected chi connectivity index (χ1v) is 17.1. The molecule has 208 valence electrons. The Morgan fingerprint density at radius 2 is 1.27 bits per heavy atom. The SMILES string of the molecule is CCCCCCCCC1(CCCCCCCC)C=C2C=c3c(ccc4sc5ccccc5c34)=C2c2ccccc21. The summed E-state index contributed by atoms with van der Waals surface area (Å²) in [4.78, 5) is 0. The van der Waals surface area contributed by atoms with Crippen molar-refractivity contribution in [2.45, 2.75) is 109 Å². The molecular formula is C39H46S. The smallest absolute Gasteiger partial charge is 0.0361 e. The van der Waals surface area contributed by atoms with Crippen LogP contribution in [0.1, 0.15) is 115 Å². The van der Waals surface area contributed by atoms with Crippen LogP contribution in [-0.4, -0.2) is 0 Å². The van der Waals surface area contributed by atoms with Crippen LogP contribution in [0.4, 0.5) is 0 Å². The Morgan fingerprint density at radius 3 is 2.02 bits per heavy atom. The monoisotopic (exact) mass is 546 g/mol. The lowest BCUT2D eigenvalue weighted by molar-refractivity contribution is 0.399. The van der Waals surface area contributed by atoms with E-state index in [-0.39, 0.29) is 5.41 Å². The largest absolute Gasteiger partial charge is 0.135 e. The third-order valence-corrected chi connectivity index (χ3v) is 10.7. The van der Waals surface area contributed by atoms with Crippen molar-refractivity contribution >= 4 is 43.2 Å². The Hall–Kier alpha value is -2.64. The molecule has 2 aliphatic carbocycles. The van der Waals surface area contributed by atoms with Gasteiger partial charge in [0.15, 0.2) is 0 Å². The Bertz CT molecular complexity index is 1610. The van der Waals surface area contributed by atoms with Gasteiger partial charge in [0.25, 0.3) is 0 Å². The molecule has 4 aromatic rings. The van der Waals surface area contributed by atoms with Gasteiger partial charge in [0.2, 0.25) is 0 Å². The molecule has 0 unspecified atom stereocenters. The Balaban J connectivity index is 1.42. The summed E-state index contributed by atoms with van der Waals surface area (Å²) in [6, 6.07) is 23.2. The molecule has 6 rings (SSSR count). The fraction of sp³-hybridized carbons (Fsp3) is 0.436. The molecule has 0 saturated heterocycles. The molecule has 0 fully saturated rings. The highest BCUT2D eigenvalue weighted by Crippen LogP contribution is 2.47. The molecule has 0 spiro atoms. The minimum Gasteiger partial charge on any atom is -0.135 e. The molecule has 0 saturated carbocycles. The number of thiophene rings is 1. The molecular weight excluding hydrogens is 500 g/mol. The molecule has 0 amide bonds. The maximum atomic E-state index is 2.74. The molecule has 0 radical (unpaired) electrons. The molecule has 1 heteroatoms. The summed E-state index contributed by atoms with van der Waals surface area (Å²) in [6.45, 7) is 4.63. The van der Waals surface area contributed by atoms with Crippen LogP contribution < -0.4 is 10.4 Å². The van der Waals surface area contributed by atoms with Gasteiger partial charge in [-0.05, 0) is 63.8 Å². The molecule has 0 N–H and O–H groups in total. The minimum atomic E-state index is 0.152. The molecule has 1 heterocycles. The summed E-state index contributed by atoms with van der Waals surface area (Å²) >= 11 is 1.94. The number of hydrogen-bond donors (Lipinski definition) is 0. The van der Waals surface area contributed by atoms with Crippen molar-refractivity contribution in [1.29, 1.82) is 0 Å². The fourth-order valence-corrected chi connectivity index (χ4v) is 8.62. The summed E-state index contributed by atoms with van der Waals surface area (Å²) in [5.74, 6) is 0. The second-order valence-corrected chi connectivity index (χ2v) is 13.4. The zero-order chi connectivity index (χ0) is 27.4. The van der Waals surface area contributed by atoms with Crippen LogP contribution in [0, 0.1) is 0 Å². The van der Waals surface area contributed by atoms with Gasteiger partial charge >= 0.3 is 0 Å². The predicted octanol–water partition coefficient (Wildman–Crippen LogP) is 10.7. The van der Waals surface area contributed by atoms with Gasteiger partial charge in [0, 0.05) is 25.6 Å². The van der Waals surface area contributed by atoms with Crippen LogP contribution in [-0.2, 0) is 5.41 Å². The topological polar surface area (TPSA) is 0 Å². The van der Waals surface area contributed by atoms with E-state index >= 15 is 0 Å². The van der Waals surface area contributed by atoms with Crippen molar-refractivity contribution in [2.75, 3.05) is 0 Å². The van der Waals surface area contributed by atoms with Crippen molar-refractivity contribution in [1.82, 2.24) is 0 Å². The van der Waals surface area contributed by atoms with Gasteiger partial charge in [-0.3, -0.25) is 0 Å². The van der Waals surface area contributed by atoms with Crippen molar-refractivity contribution in [3.8, 4) is 0 Å². The van der Waals surface area contributed by atoms with Gasteiger partial charge in [0.1, 0.15) is 0 Å². The molecule has 0 aliphatic heterocycles. The quantitative estimate of drug-likeness (QED) is 0.138. The normalized spacial score (nSPS) is 15.2. The number of hydrogen-bond acceptors (Lipinski definition) is 1. The molecule has 1 aromatic heterocycles. The Morgan fingerprint density at radius 1 is 0.625 bits per heavy atom. The molecule has 3 aromatic carbocycles. The highest BCUT2D eigenvalue weighted by atomic mass is 32.1. The van der Waals surface area contributed by atoms with E-state index in [1.807, 2.05) is 11.3 Å². The van der Waals surface area contributed by atoms with Gasteiger partial charge in [-0.2, -0.15) is 0 Å². The van der Waals surface area contributed by atoms with Crippen LogP contribution in [0.25, 0.3) is 31.8 Å². The van der Waals surface area contributed by atoms with Crippen LogP contribution in [0.15, 0.2) is 72.3 Å². The molecule has 2 aliphatic rings. The van der Waals surface area contributed by atoms with Gasteiger partial charge in [-0.1, -0.05) is 146 Å². The first-order chi connectivity index (χ1) is 19.8. The van der Waals surface area contributed by atoms with Crippen molar-refractivity contribution in [3.63, 3.8) is 0 Å². The second-order valence-electron chi connectivity index (χ2n) is 12.4. The summed E-state index contributed by atoms with van der Waals surface area (Å²) in [7, 11) is 0. The van der Waals surface area contributed by atoms with Crippen molar-refractivity contribution in [2.24, 2.45) is 0 Å². The molecule has 40 heavy (non-hydrogen) atoms. The highest BCUT2D eigenvalue weighted by molar-refractivity contribution is 7.25. The van der Waals surface area contributed by atoms with E-state index in [1.165, 1.54) is 137 Å².